The number of anilines is 1. The van der Waals surface area contributed by atoms with Crippen LogP contribution < -0.4 is 9.64 Å². The standard InChI is InChI=1S/C15H12BrN3O4/c1-9-15(20)18(8-10-2-4-11(16)5-3-10)14-12(23-9)6-7-13(17-14)19(21)22/h2-7,9H,8H2,1H3. The third kappa shape index (κ3) is 3.02. The summed E-state index contributed by atoms with van der Waals surface area (Å²) >= 11 is 3.36. The summed E-state index contributed by atoms with van der Waals surface area (Å²) in [6, 6.07) is 10.2. The molecule has 1 atom stereocenters. The number of benzene rings is 1. The number of carbonyl (C=O) groups is 1. The molecule has 0 bridgehead atoms. The number of carbonyl (C=O) groups excluding carboxylic acids is 1. The average molecular weight is 378 g/mol. The van der Waals surface area contributed by atoms with Gasteiger partial charge in [0.05, 0.1) is 6.54 Å². The van der Waals surface area contributed by atoms with Gasteiger partial charge < -0.3 is 14.9 Å². The lowest BCUT2D eigenvalue weighted by Gasteiger charge is -2.29. The van der Waals surface area contributed by atoms with Gasteiger partial charge in [-0.05, 0) is 40.6 Å². The summed E-state index contributed by atoms with van der Waals surface area (Å²) in [5.74, 6) is -0.0750. The second-order valence-corrected chi connectivity index (χ2v) is 5.97. The maximum absolute atomic E-state index is 12.4. The molecule has 8 heteroatoms. The first kappa shape index (κ1) is 15.4. The van der Waals surface area contributed by atoms with Crippen molar-refractivity contribution in [1.29, 1.82) is 0 Å². The van der Waals surface area contributed by atoms with E-state index in [9.17, 15) is 14.9 Å². The fourth-order valence-electron chi connectivity index (χ4n) is 2.30. The highest BCUT2D eigenvalue weighted by atomic mass is 79.9. The second kappa shape index (κ2) is 5.96. The number of nitrogens with zero attached hydrogens (tertiary/aromatic N) is 3. The predicted octanol–water partition coefficient (Wildman–Crippen LogP) is 3.07. The number of hydrogen-bond acceptors (Lipinski definition) is 5. The summed E-state index contributed by atoms with van der Waals surface area (Å²) in [5.41, 5.74) is 0.884. The molecule has 1 aliphatic rings. The molecule has 7 nitrogen and oxygen atoms in total. The molecule has 2 heterocycles. The Morgan fingerprint density at radius 2 is 2.00 bits per heavy atom. The molecule has 3 rings (SSSR count). The number of halogens is 1. The summed E-state index contributed by atoms with van der Waals surface area (Å²) in [7, 11) is 0. The number of fused-ring (bicyclic) bond motifs is 1. The van der Waals surface area contributed by atoms with Crippen molar-refractivity contribution in [2.24, 2.45) is 0 Å². The van der Waals surface area contributed by atoms with Crippen molar-refractivity contribution in [1.82, 2.24) is 4.98 Å². The molecule has 1 aromatic heterocycles. The van der Waals surface area contributed by atoms with E-state index in [2.05, 4.69) is 20.9 Å². The van der Waals surface area contributed by atoms with Crippen molar-refractivity contribution in [2.45, 2.75) is 19.6 Å². The van der Waals surface area contributed by atoms with Crippen LogP contribution in [0.5, 0.6) is 5.75 Å². The number of ether oxygens (including phenoxy) is 1. The largest absolute Gasteiger partial charge is 0.475 e. The SMILES string of the molecule is CC1Oc2ccc([N+](=O)[O-])nc2N(Cc2ccc(Br)cc2)C1=O. The van der Waals surface area contributed by atoms with Crippen LogP contribution >= 0.6 is 15.9 Å². The summed E-state index contributed by atoms with van der Waals surface area (Å²) in [5, 5.41) is 10.9. The fourth-order valence-corrected chi connectivity index (χ4v) is 2.57. The molecule has 2 aromatic rings. The molecule has 1 amide bonds. The van der Waals surface area contributed by atoms with Gasteiger partial charge in [-0.2, -0.15) is 0 Å². The molecule has 0 fully saturated rings. The van der Waals surface area contributed by atoms with E-state index in [4.69, 9.17) is 4.74 Å². The molecule has 0 saturated heterocycles. The highest BCUT2D eigenvalue weighted by Gasteiger charge is 2.36. The zero-order valence-corrected chi connectivity index (χ0v) is 13.7. The van der Waals surface area contributed by atoms with E-state index in [1.165, 1.54) is 17.0 Å². The maximum Gasteiger partial charge on any atom is 0.366 e. The Balaban J connectivity index is 2.01. The zero-order valence-electron chi connectivity index (χ0n) is 12.1. The van der Waals surface area contributed by atoms with Gasteiger partial charge in [0.1, 0.15) is 0 Å². The minimum Gasteiger partial charge on any atom is -0.475 e. The molecule has 1 aliphatic heterocycles. The van der Waals surface area contributed by atoms with Crippen LogP contribution in [0.2, 0.25) is 0 Å². The van der Waals surface area contributed by atoms with E-state index in [1.807, 2.05) is 24.3 Å². The van der Waals surface area contributed by atoms with Gasteiger partial charge in [-0.15, -0.1) is 0 Å². The molecule has 0 saturated carbocycles. The molecular weight excluding hydrogens is 366 g/mol. The second-order valence-electron chi connectivity index (χ2n) is 5.06. The van der Waals surface area contributed by atoms with Gasteiger partial charge in [0, 0.05) is 10.5 Å². The van der Waals surface area contributed by atoms with Crippen molar-refractivity contribution in [3.63, 3.8) is 0 Å². The first-order valence-electron chi connectivity index (χ1n) is 6.83. The number of rotatable bonds is 3. The van der Waals surface area contributed by atoms with Gasteiger partial charge in [-0.25, -0.2) is 0 Å². The number of hydrogen-bond donors (Lipinski definition) is 0. The highest BCUT2D eigenvalue weighted by molar-refractivity contribution is 9.10. The number of nitro groups is 1. The van der Waals surface area contributed by atoms with E-state index in [1.54, 1.807) is 6.92 Å². The van der Waals surface area contributed by atoms with Crippen molar-refractivity contribution in [3.05, 3.63) is 56.5 Å². The zero-order chi connectivity index (χ0) is 16.6. The van der Waals surface area contributed by atoms with Gasteiger partial charge in [-0.3, -0.25) is 9.69 Å². The first-order chi connectivity index (χ1) is 11.0. The molecule has 0 aliphatic carbocycles. The molecule has 0 spiro atoms. The molecular formula is C15H12BrN3O4. The monoisotopic (exact) mass is 377 g/mol. The Morgan fingerprint density at radius 3 is 2.65 bits per heavy atom. The lowest BCUT2D eigenvalue weighted by atomic mass is 10.1. The third-order valence-electron chi connectivity index (χ3n) is 3.44. The van der Waals surface area contributed by atoms with Crippen LogP contribution in [0.15, 0.2) is 40.9 Å². The Bertz CT molecular complexity index is 779. The summed E-state index contributed by atoms with van der Waals surface area (Å²) in [4.78, 5) is 28.1. The van der Waals surface area contributed by atoms with Crippen LogP contribution in [0.3, 0.4) is 0 Å². The smallest absolute Gasteiger partial charge is 0.366 e. The normalized spacial score (nSPS) is 16.7. The predicted molar refractivity (Wildman–Crippen MR) is 86.3 cm³/mol. The van der Waals surface area contributed by atoms with Crippen LogP contribution in [0.1, 0.15) is 12.5 Å². The topological polar surface area (TPSA) is 85.6 Å². The van der Waals surface area contributed by atoms with E-state index in [0.29, 0.717) is 5.75 Å². The number of aromatic nitrogens is 1. The van der Waals surface area contributed by atoms with E-state index in [-0.39, 0.29) is 24.1 Å². The van der Waals surface area contributed by atoms with Crippen LogP contribution in [0.4, 0.5) is 11.6 Å². The van der Waals surface area contributed by atoms with E-state index < -0.39 is 11.0 Å². The van der Waals surface area contributed by atoms with Crippen LogP contribution in [0.25, 0.3) is 0 Å². The lowest BCUT2D eigenvalue weighted by molar-refractivity contribution is -0.389. The lowest BCUT2D eigenvalue weighted by Crippen LogP contribution is -2.44. The van der Waals surface area contributed by atoms with Gasteiger partial charge in [-0.1, -0.05) is 28.1 Å². The van der Waals surface area contributed by atoms with Crippen LogP contribution in [0, 0.1) is 10.1 Å². The van der Waals surface area contributed by atoms with Crippen molar-refractivity contribution in [2.75, 3.05) is 4.90 Å². The minimum atomic E-state index is -0.666. The average Bonchev–Trinajstić information content (AvgIpc) is 2.53. The quantitative estimate of drug-likeness (QED) is 0.605. The summed E-state index contributed by atoms with van der Waals surface area (Å²) < 4.78 is 6.41. The van der Waals surface area contributed by atoms with Gasteiger partial charge in [0.15, 0.2) is 11.9 Å². The maximum atomic E-state index is 12.4. The first-order valence-corrected chi connectivity index (χ1v) is 7.63. The molecule has 0 radical (unpaired) electrons. The van der Waals surface area contributed by atoms with E-state index >= 15 is 0 Å². The Morgan fingerprint density at radius 1 is 1.30 bits per heavy atom. The Kier molecular flexibility index (Phi) is 3.99. The Labute approximate surface area is 140 Å². The van der Waals surface area contributed by atoms with E-state index in [0.717, 1.165) is 10.0 Å². The highest BCUT2D eigenvalue weighted by Crippen LogP contribution is 2.34. The Hall–Kier alpha value is -2.48. The number of pyridine rings is 1. The van der Waals surface area contributed by atoms with Crippen LogP contribution in [-0.4, -0.2) is 21.9 Å². The molecule has 1 aromatic carbocycles. The minimum absolute atomic E-state index is 0.171. The van der Waals surface area contributed by atoms with Gasteiger partial charge in [0.2, 0.25) is 0 Å². The van der Waals surface area contributed by atoms with Crippen molar-refractivity contribution >= 4 is 33.5 Å². The molecule has 1 unspecified atom stereocenters. The van der Waals surface area contributed by atoms with Crippen LogP contribution in [-0.2, 0) is 11.3 Å². The number of amides is 1. The molecule has 118 valence electrons. The van der Waals surface area contributed by atoms with Crippen molar-refractivity contribution in [3.8, 4) is 5.75 Å². The summed E-state index contributed by atoms with van der Waals surface area (Å²) in [6.07, 6.45) is -0.666. The van der Waals surface area contributed by atoms with Gasteiger partial charge >= 0.3 is 5.82 Å². The summed E-state index contributed by atoms with van der Waals surface area (Å²) in [6.45, 7) is 1.91. The fraction of sp³-hybridized carbons (Fsp3) is 0.200. The third-order valence-corrected chi connectivity index (χ3v) is 3.97. The molecule has 23 heavy (non-hydrogen) atoms. The molecule has 0 N–H and O–H groups in total. The van der Waals surface area contributed by atoms with Gasteiger partial charge in [0.25, 0.3) is 11.7 Å². The van der Waals surface area contributed by atoms with Crippen molar-refractivity contribution < 1.29 is 14.5 Å².